The van der Waals surface area contributed by atoms with E-state index in [-0.39, 0.29) is 16.8 Å². The second-order valence-electron chi connectivity index (χ2n) is 7.17. The number of hydrogen-bond donors (Lipinski definition) is 1. The minimum atomic E-state index is -1.06. The van der Waals surface area contributed by atoms with Gasteiger partial charge in [-0.05, 0) is 67.1 Å². The third-order valence-electron chi connectivity index (χ3n) is 4.95. The van der Waals surface area contributed by atoms with Crippen LogP contribution in [-0.2, 0) is 0 Å². The number of rotatable bonds is 5. The molecule has 8 nitrogen and oxygen atoms in total. The predicted octanol–water partition coefficient (Wildman–Crippen LogP) is 4.47. The van der Waals surface area contributed by atoms with E-state index in [0.29, 0.717) is 28.0 Å². The molecule has 0 radical (unpaired) electrons. The molecule has 1 heterocycles. The number of non-ortho nitro benzene ring substituents is 1. The zero-order chi connectivity index (χ0) is 22.8. The van der Waals surface area contributed by atoms with Crippen LogP contribution >= 0.6 is 0 Å². The van der Waals surface area contributed by atoms with Crippen LogP contribution in [0.5, 0.6) is 0 Å². The minimum absolute atomic E-state index is 0.0169. The lowest BCUT2D eigenvalue weighted by atomic mass is 10.1. The molecule has 1 N–H and O–H groups in total. The molecule has 0 fully saturated rings. The average Bonchev–Trinajstić information content (AvgIpc) is 2.78. The van der Waals surface area contributed by atoms with Crippen molar-refractivity contribution < 1.29 is 14.8 Å². The van der Waals surface area contributed by atoms with Crippen LogP contribution in [0.2, 0.25) is 0 Å². The van der Waals surface area contributed by atoms with E-state index in [0.717, 1.165) is 5.56 Å². The maximum atomic E-state index is 13.3. The van der Waals surface area contributed by atoms with Crippen molar-refractivity contribution in [1.82, 2.24) is 9.55 Å². The minimum Gasteiger partial charge on any atom is -0.478 e. The van der Waals surface area contributed by atoms with E-state index < -0.39 is 10.9 Å². The Morgan fingerprint density at radius 1 is 1.03 bits per heavy atom. The summed E-state index contributed by atoms with van der Waals surface area (Å²) in [7, 11) is 0. The van der Waals surface area contributed by atoms with E-state index in [1.807, 2.05) is 13.0 Å². The summed E-state index contributed by atoms with van der Waals surface area (Å²) in [5, 5.41) is 20.4. The van der Waals surface area contributed by atoms with Crippen molar-refractivity contribution in [2.45, 2.75) is 6.92 Å². The van der Waals surface area contributed by atoms with E-state index in [2.05, 4.69) is 4.98 Å². The van der Waals surface area contributed by atoms with Crippen molar-refractivity contribution >= 4 is 34.7 Å². The molecule has 0 saturated heterocycles. The third-order valence-corrected chi connectivity index (χ3v) is 4.95. The number of aromatic nitrogens is 2. The van der Waals surface area contributed by atoms with Crippen LogP contribution < -0.4 is 5.56 Å². The number of hydrogen-bond acceptors (Lipinski definition) is 5. The lowest BCUT2D eigenvalue weighted by molar-refractivity contribution is -0.384. The number of benzene rings is 3. The van der Waals surface area contributed by atoms with Crippen LogP contribution in [0.4, 0.5) is 5.69 Å². The highest BCUT2D eigenvalue weighted by molar-refractivity contribution is 5.88. The van der Waals surface area contributed by atoms with E-state index >= 15 is 0 Å². The molecule has 3 aromatic carbocycles. The van der Waals surface area contributed by atoms with E-state index in [1.165, 1.54) is 28.8 Å². The molecule has 0 unspecified atom stereocenters. The van der Waals surface area contributed by atoms with Crippen LogP contribution in [0, 0.1) is 17.0 Å². The van der Waals surface area contributed by atoms with E-state index in [1.54, 1.807) is 48.6 Å². The molecule has 4 aromatic rings. The van der Waals surface area contributed by atoms with Crippen LogP contribution in [0.25, 0.3) is 28.7 Å². The van der Waals surface area contributed by atoms with Gasteiger partial charge in [0.05, 0.1) is 27.1 Å². The number of carboxylic acid groups (broad SMARTS) is 1. The first kappa shape index (κ1) is 20.7. The second-order valence-corrected chi connectivity index (χ2v) is 7.17. The van der Waals surface area contributed by atoms with Crippen molar-refractivity contribution in [3.8, 4) is 5.69 Å². The molecule has 0 spiro atoms. The van der Waals surface area contributed by atoms with Gasteiger partial charge in [-0.25, -0.2) is 9.78 Å². The van der Waals surface area contributed by atoms with Crippen LogP contribution in [0.15, 0.2) is 71.5 Å². The Balaban J connectivity index is 1.87. The summed E-state index contributed by atoms with van der Waals surface area (Å²) in [6.45, 7) is 1.88. The van der Waals surface area contributed by atoms with Crippen LogP contribution in [-0.4, -0.2) is 25.6 Å². The molecule has 158 valence electrons. The van der Waals surface area contributed by atoms with Gasteiger partial charge in [-0.1, -0.05) is 17.7 Å². The number of carbonyl (C=O) groups is 1. The van der Waals surface area contributed by atoms with Gasteiger partial charge in [0.1, 0.15) is 5.82 Å². The number of fused-ring (bicyclic) bond motifs is 1. The SMILES string of the molecule is Cc1ccc2nc(/C=C/c3ccc([N+](=O)[O-])cc3)n(-c3ccc(C(=O)O)cc3)c(=O)c2c1. The molecule has 0 aliphatic rings. The monoisotopic (exact) mass is 427 g/mol. The van der Waals surface area contributed by atoms with Gasteiger partial charge in [0.15, 0.2) is 0 Å². The molecule has 0 saturated carbocycles. The number of nitro benzene ring substituents is 1. The van der Waals surface area contributed by atoms with Crippen LogP contribution in [0.3, 0.4) is 0 Å². The first-order valence-corrected chi connectivity index (χ1v) is 9.63. The summed E-state index contributed by atoms with van der Waals surface area (Å²) in [6.07, 6.45) is 3.35. The molecule has 0 atom stereocenters. The standard InChI is InChI=1S/C24H17N3O5/c1-15-2-12-21-20(14-15)23(28)26(18-10-6-17(7-11-18)24(29)30)22(25-21)13-5-16-3-8-19(9-4-16)27(31)32/h2-14H,1H3,(H,29,30)/b13-5+. The summed E-state index contributed by atoms with van der Waals surface area (Å²) < 4.78 is 1.41. The average molecular weight is 427 g/mol. The lowest BCUT2D eigenvalue weighted by Crippen LogP contribution is -2.22. The molecule has 0 aliphatic carbocycles. The molecular formula is C24H17N3O5. The number of aromatic carboxylic acids is 1. The van der Waals surface area contributed by atoms with Crippen molar-refractivity contribution in [3.63, 3.8) is 0 Å². The molecule has 1 aromatic heterocycles. The molecule has 0 bridgehead atoms. The number of nitro groups is 1. The van der Waals surface area contributed by atoms with Crippen molar-refractivity contribution in [2.24, 2.45) is 0 Å². The fraction of sp³-hybridized carbons (Fsp3) is 0.0417. The van der Waals surface area contributed by atoms with E-state index in [4.69, 9.17) is 5.11 Å². The number of aryl methyl sites for hydroxylation is 1. The Bertz CT molecular complexity index is 1440. The van der Waals surface area contributed by atoms with E-state index in [9.17, 15) is 19.7 Å². The van der Waals surface area contributed by atoms with Gasteiger partial charge in [0.25, 0.3) is 11.2 Å². The quantitative estimate of drug-likeness (QED) is 0.371. The van der Waals surface area contributed by atoms with Crippen molar-refractivity contribution in [1.29, 1.82) is 0 Å². The topological polar surface area (TPSA) is 115 Å². The van der Waals surface area contributed by atoms with Gasteiger partial charge in [0, 0.05) is 12.1 Å². The molecule has 8 heteroatoms. The van der Waals surface area contributed by atoms with Crippen molar-refractivity contribution in [3.05, 3.63) is 110 Å². The lowest BCUT2D eigenvalue weighted by Gasteiger charge is -2.12. The van der Waals surface area contributed by atoms with Gasteiger partial charge in [-0.2, -0.15) is 0 Å². The molecule has 0 amide bonds. The molecule has 32 heavy (non-hydrogen) atoms. The Morgan fingerprint density at radius 2 is 1.72 bits per heavy atom. The van der Waals surface area contributed by atoms with Crippen LogP contribution in [0.1, 0.15) is 27.3 Å². The fourth-order valence-electron chi connectivity index (χ4n) is 3.31. The summed E-state index contributed by atoms with van der Waals surface area (Å²) in [4.78, 5) is 39.5. The maximum absolute atomic E-state index is 13.3. The highest BCUT2D eigenvalue weighted by Crippen LogP contribution is 2.18. The number of carboxylic acids is 1. The van der Waals surface area contributed by atoms with Crippen molar-refractivity contribution in [2.75, 3.05) is 0 Å². The Morgan fingerprint density at radius 3 is 2.34 bits per heavy atom. The Hall–Kier alpha value is -4.59. The van der Waals surface area contributed by atoms with Gasteiger partial charge < -0.3 is 5.11 Å². The normalized spacial score (nSPS) is 11.2. The maximum Gasteiger partial charge on any atom is 0.335 e. The highest BCUT2D eigenvalue weighted by atomic mass is 16.6. The first-order valence-electron chi connectivity index (χ1n) is 9.63. The summed E-state index contributed by atoms with van der Waals surface area (Å²) in [5.74, 6) is -0.720. The zero-order valence-corrected chi connectivity index (χ0v) is 16.9. The number of nitrogens with zero attached hydrogens (tertiary/aromatic N) is 3. The molecule has 0 aliphatic heterocycles. The largest absolute Gasteiger partial charge is 0.478 e. The zero-order valence-electron chi connectivity index (χ0n) is 16.9. The first-order chi connectivity index (χ1) is 15.3. The summed E-state index contributed by atoms with van der Waals surface area (Å²) >= 11 is 0. The summed E-state index contributed by atoms with van der Waals surface area (Å²) in [5.41, 5.74) is 2.41. The predicted molar refractivity (Wildman–Crippen MR) is 121 cm³/mol. The Labute approximate surface area is 181 Å². The van der Waals surface area contributed by atoms with Gasteiger partial charge in [0.2, 0.25) is 0 Å². The molecule has 4 rings (SSSR count). The Kier molecular flexibility index (Phi) is 5.34. The van der Waals surface area contributed by atoms with Gasteiger partial charge in [-0.3, -0.25) is 19.5 Å². The van der Waals surface area contributed by atoms with Gasteiger partial charge in [-0.15, -0.1) is 0 Å². The smallest absolute Gasteiger partial charge is 0.335 e. The fourth-order valence-corrected chi connectivity index (χ4v) is 3.31. The highest BCUT2D eigenvalue weighted by Gasteiger charge is 2.13. The summed E-state index contributed by atoms with van der Waals surface area (Å²) in [6, 6.07) is 17.3. The molecular weight excluding hydrogens is 410 g/mol. The van der Waals surface area contributed by atoms with Gasteiger partial charge >= 0.3 is 5.97 Å². The second kappa shape index (κ2) is 8.27. The third kappa shape index (κ3) is 4.01.